The summed E-state index contributed by atoms with van der Waals surface area (Å²) < 4.78 is 15.7. The summed E-state index contributed by atoms with van der Waals surface area (Å²) in [4.78, 5) is 11.8. The summed E-state index contributed by atoms with van der Waals surface area (Å²) in [7, 11) is 0. The maximum atomic E-state index is 13.9. The van der Waals surface area contributed by atoms with Crippen LogP contribution in [0.2, 0.25) is 10.0 Å². The molecule has 0 fully saturated rings. The van der Waals surface area contributed by atoms with Crippen molar-refractivity contribution < 1.29 is 4.39 Å². The normalized spacial score (nSPS) is 11.3. The van der Waals surface area contributed by atoms with Crippen molar-refractivity contribution in [3.8, 4) is 11.4 Å². The molecule has 0 aliphatic heterocycles. The first-order chi connectivity index (χ1) is 13.0. The average Bonchev–Trinajstić information content (AvgIpc) is 3.08. The molecule has 136 valence electrons. The van der Waals surface area contributed by atoms with E-state index in [-0.39, 0.29) is 11.3 Å². The van der Waals surface area contributed by atoms with Gasteiger partial charge in [-0.25, -0.2) is 14.4 Å². The Morgan fingerprint density at radius 2 is 1.85 bits per heavy atom. The highest BCUT2D eigenvalue weighted by Gasteiger charge is 2.15. The number of aromatic amines is 1. The number of rotatable bonds is 3. The van der Waals surface area contributed by atoms with Gasteiger partial charge < -0.3 is 9.55 Å². The van der Waals surface area contributed by atoms with Gasteiger partial charge in [-0.3, -0.25) is 5.41 Å². The zero-order valence-electron chi connectivity index (χ0n) is 14.2. The van der Waals surface area contributed by atoms with Gasteiger partial charge in [0.1, 0.15) is 17.2 Å². The fraction of sp³-hybridized carbons (Fsp3) is 0.105. The Morgan fingerprint density at radius 3 is 2.59 bits per heavy atom. The van der Waals surface area contributed by atoms with Crippen molar-refractivity contribution in [3.05, 3.63) is 75.2 Å². The number of hydrogen-bond donors (Lipinski definition) is 2. The Labute approximate surface area is 163 Å². The monoisotopic (exact) mass is 401 g/mol. The Kier molecular flexibility index (Phi) is 4.45. The maximum absolute atomic E-state index is 13.9. The third kappa shape index (κ3) is 3.11. The van der Waals surface area contributed by atoms with E-state index in [4.69, 9.17) is 28.6 Å². The van der Waals surface area contributed by atoms with Gasteiger partial charge >= 0.3 is 0 Å². The second-order valence-corrected chi connectivity index (χ2v) is 6.93. The van der Waals surface area contributed by atoms with E-state index in [1.807, 2.05) is 0 Å². The van der Waals surface area contributed by atoms with Crippen LogP contribution in [0.25, 0.3) is 22.6 Å². The number of nitrogens with zero attached hydrogens (tertiary/aromatic N) is 3. The number of imidazole rings is 1. The number of hydrogen-bond acceptors (Lipinski definition) is 3. The van der Waals surface area contributed by atoms with Crippen LogP contribution in [0.3, 0.4) is 0 Å². The van der Waals surface area contributed by atoms with Crippen LogP contribution in [0.4, 0.5) is 4.39 Å². The molecule has 0 aliphatic carbocycles. The summed E-state index contributed by atoms with van der Waals surface area (Å²) >= 11 is 12.6. The Morgan fingerprint density at radius 1 is 1.15 bits per heavy atom. The predicted octanol–water partition coefficient (Wildman–Crippen LogP) is 4.71. The van der Waals surface area contributed by atoms with Gasteiger partial charge in [0.05, 0.1) is 12.9 Å². The number of aromatic nitrogens is 4. The molecule has 8 heteroatoms. The number of fused-ring (bicyclic) bond motifs is 1. The van der Waals surface area contributed by atoms with Crippen molar-refractivity contribution in [2.24, 2.45) is 0 Å². The molecule has 2 aromatic heterocycles. The largest absolute Gasteiger partial charge is 0.334 e. The molecular weight excluding hydrogens is 388 g/mol. The minimum Gasteiger partial charge on any atom is -0.334 e. The van der Waals surface area contributed by atoms with Crippen molar-refractivity contribution in [2.45, 2.75) is 13.5 Å². The number of benzene rings is 2. The fourth-order valence-electron chi connectivity index (χ4n) is 2.94. The predicted molar refractivity (Wildman–Crippen MR) is 103 cm³/mol. The number of halogens is 3. The van der Waals surface area contributed by atoms with E-state index in [1.54, 1.807) is 41.8 Å². The molecule has 0 saturated carbocycles. The van der Waals surface area contributed by atoms with E-state index in [0.717, 1.165) is 5.56 Å². The summed E-state index contributed by atoms with van der Waals surface area (Å²) in [5.41, 5.74) is 2.88. The molecule has 2 heterocycles. The smallest absolute Gasteiger partial charge is 0.173 e. The molecule has 0 radical (unpaired) electrons. The quantitative estimate of drug-likeness (QED) is 0.521. The summed E-state index contributed by atoms with van der Waals surface area (Å²) in [6.07, 6.45) is 1.52. The van der Waals surface area contributed by atoms with Crippen LogP contribution in [-0.2, 0) is 6.54 Å². The molecule has 2 N–H and O–H groups in total. The molecule has 27 heavy (non-hydrogen) atoms. The van der Waals surface area contributed by atoms with E-state index in [1.165, 1.54) is 12.4 Å². The number of H-pyrrole nitrogens is 1. The first-order valence-electron chi connectivity index (χ1n) is 8.14. The third-order valence-electron chi connectivity index (χ3n) is 4.43. The van der Waals surface area contributed by atoms with Crippen LogP contribution in [0, 0.1) is 18.2 Å². The summed E-state index contributed by atoms with van der Waals surface area (Å²) in [5.74, 6) is 0.162. The highest BCUT2D eigenvalue weighted by atomic mass is 35.5. The molecule has 4 aromatic rings. The Balaban J connectivity index is 1.89. The highest BCUT2D eigenvalue weighted by Crippen LogP contribution is 2.27. The van der Waals surface area contributed by atoms with Gasteiger partial charge in [-0.2, -0.15) is 0 Å². The molecule has 0 unspecified atom stereocenters. The molecular formula is C19H14Cl2FN5. The maximum Gasteiger partial charge on any atom is 0.173 e. The van der Waals surface area contributed by atoms with Gasteiger partial charge in [-0.15, -0.1) is 0 Å². The van der Waals surface area contributed by atoms with Crippen LogP contribution in [0.15, 0.2) is 42.7 Å². The third-order valence-corrected chi connectivity index (χ3v) is 5.14. The lowest BCUT2D eigenvalue weighted by Crippen LogP contribution is -2.13. The van der Waals surface area contributed by atoms with Crippen molar-refractivity contribution in [1.29, 1.82) is 5.41 Å². The molecule has 0 atom stereocenters. The first-order valence-corrected chi connectivity index (χ1v) is 8.89. The SMILES string of the molecule is Cc1c(F)cccc1-c1nc2c([nH]1)c(=N)ncn2Cc1c(Cl)cccc1Cl. The van der Waals surface area contributed by atoms with Gasteiger partial charge in [-0.05, 0) is 30.7 Å². The average molecular weight is 402 g/mol. The highest BCUT2D eigenvalue weighted by molar-refractivity contribution is 6.36. The molecule has 0 amide bonds. The number of nitrogens with one attached hydrogen (secondary N) is 2. The van der Waals surface area contributed by atoms with Gasteiger partial charge in [0.25, 0.3) is 0 Å². The first kappa shape index (κ1) is 17.7. The van der Waals surface area contributed by atoms with Gasteiger partial charge in [0.2, 0.25) is 0 Å². The van der Waals surface area contributed by atoms with Crippen LogP contribution in [0.1, 0.15) is 11.1 Å². The van der Waals surface area contributed by atoms with Crippen LogP contribution in [0.5, 0.6) is 0 Å². The van der Waals surface area contributed by atoms with E-state index in [2.05, 4.69) is 15.0 Å². The lowest BCUT2D eigenvalue weighted by atomic mass is 10.1. The minimum absolute atomic E-state index is 0.0549. The van der Waals surface area contributed by atoms with Crippen molar-refractivity contribution in [2.75, 3.05) is 0 Å². The zero-order valence-corrected chi connectivity index (χ0v) is 15.7. The van der Waals surface area contributed by atoms with Crippen LogP contribution < -0.4 is 5.49 Å². The van der Waals surface area contributed by atoms with Crippen LogP contribution in [-0.4, -0.2) is 19.5 Å². The van der Waals surface area contributed by atoms with E-state index in [9.17, 15) is 4.39 Å². The molecule has 5 nitrogen and oxygen atoms in total. The summed E-state index contributed by atoms with van der Waals surface area (Å²) in [6, 6.07) is 10.1. The molecule has 2 aromatic carbocycles. The Bertz CT molecular complexity index is 1210. The van der Waals surface area contributed by atoms with Crippen molar-refractivity contribution in [3.63, 3.8) is 0 Å². The second kappa shape index (κ2) is 6.79. The topological polar surface area (TPSA) is 70.3 Å². The lowest BCUT2D eigenvalue weighted by Gasteiger charge is -2.10. The summed E-state index contributed by atoms with van der Waals surface area (Å²) in [5, 5.41) is 9.15. The molecule has 0 bridgehead atoms. The zero-order chi connectivity index (χ0) is 19.1. The minimum atomic E-state index is -0.312. The molecule has 0 saturated heterocycles. The fourth-order valence-corrected chi connectivity index (χ4v) is 3.46. The Hall–Kier alpha value is -2.70. The standard InChI is InChI=1S/C19H14Cl2FN5/c1-10-11(4-2-7-15(10)22)18-25-16-17(23)24-9-27(19(16)26-18)8-12-13(20)5-3-6-14(12)21/h2-7,9,23H,8H2,1H3,(H,25,26). The van der Waals surface area contributed by atoms with Crippen molar-refractivity contribution in [1.82, 2.24) is 19.5 Å². The molecule has 0 spiro atoms. The van der Waals surface area contributed by atoms with Gasteiger partial charge in [0.15, 0.2) is 11.1 Å². The van der Waals surface area contributed by atoms with Gasteiger partial charge in [0, 0.05) is 21.2 Å². The molecule has 0 aliphatic rings. The van der Waals surface area contributed by atoms with E-state index >= 15 is 0 Å². The van der Waals surface area contributed by atoms with Crippen molar-refractivity contribution >= 4 is 34.4 Å². The second-order valence-electron chi connectivity index (χ2n) is 6.12. The van der Waals surface area contributed by atoms with E-state index in [0.29, 0.717) is 44.7 Å². The summed E-state index contributed by atoms with van der Waals surface area (Å²) in [6.45, 7) is 2.03. The van der Waals surface area contributed by atoms with Crippen LogP contribution >= 0.6 is 23.2 Å². The lowest BCUT2D eigenvalue weighted by molar-refractivity contribution is 0.619. The molecule has 4 rings (SSSR count). The van der Waals surface area contributed by atoms with Gasteiger partial charge in [-0.1, -0.05) is 41.4 Å². The van der Waals surface area contributed by atoms with E-state index < -0.39 is 0 Å².